The lowest BCUT2D eigenvalue weighted by molar-refractivity contribution is 0.819. The zero-order valence-electron chi connectivity index (χ0n) is 17.2. The second kappa shape index (κ2) is 10.0. The van der Waals surface area contributed by atoms with E-state index in [4.69, 9.17) is 4.99 Å². The molecule has 2 aromatic carbocycles. The van der Waals surface area contributed by atoms with Crippen LogP contribution < -0.4 is 0 Å². The second-order valence-electron chi connectivity index (χ2n) is 7.66. The summed E-state index contributed by atoms with van der Waals surface area (Å²) in [6.45, 7) is 8.50. The normalized spacial score (nSPS) is 18.9. The Hall–Kier alpha value is -2.67. The summed E-state index contributed by atoms with van der Waals surface area (Å²) in [5, 5.41) is 0. The third-order valence-corrected chi connectivity index (χ3v) is 5.39. The quantitative estimate of drug-likeness (QED) is 0.505. The summed E-state index contributed by atoms with van der Waals surface area (Å²) in [5.41, 5.74) is 7.42. The van der Waals surface area contributed by atoms with Gasteiger partial charge in [0.05, 0.1) is 6.04 Å². The van der Waals surface area contributed by atoms with Crippen molar-refractivity contribution in [2.45, 2.75) is 52.0 Å². The van der Waals surface area contributed by atoms with E-state index >= 15 is 0 Å². The Bertz CT molecular complexity index is 866. The Labute approximate surface area is 170 Å². The number of benzene rings is 2. The number of rotatable bonds is 4. The van der Waals surface area contributed by atoms with Gasteiger partial charge in [-0.2, -0.15) is 0 Å². The first-order chi connectivity index (χ1) is 13.6. The zero-order chi connectivity index (χ0) is 19.8. The first-order valence-electron chi connectivity index (χ1n) is 10.4. The predicted molar refractivity (Wildman–Crippen MR) is 122 cm³/mol. The molecule has 2 aliphatic carbocycles. The van der Waals surface area contributed by atoms with Crippen molar-refractivity contribution >= 4 is 5.71 Å². The molecule has 1 atom stereocenters. The van der Waals surface area contributed by atoms with Gasteiger partial charge in [0.15, 0.2) is 0 Å². The molecule has 0 spiro atoms. The highest BCUT2D eigenvalue weighted by Crippen LogP contribution is 2.20. The topological polar surface area (TPSA) is 12.4 Å². The lowest BCUT2D eigenvalue weighted by Gasteiger charge is -2.11. The number of nitrogens with zero attached hydrogens (tertiary/aromatic N) is 1. The Kier molecular flexibility index (Phi) is 7.19. The van der Waals surface area contributed by atoms with Gasteiger partial charge in [0.25, 0.3) is 0 Å². The van der Waals surface area contributed by atoms with Gasteiger partial charge in [-0.25, -0.2) is 0 Å². The molecule has 2 bridgehead atoms. The largest absolute Gasteiger partial charge is 0.282 e. The van der Waals surface area contributed by atoms with Crippen molar-refractivity contribution in [3.8, 4) is 0 Å². The fourth-order valence-corrected chi connectivity index (χ4v) is 3.53. The highest BCUT2D eigenvalue weighted by Gasteiger charge is 2.06. The van der Waals surface area contributed by atoms with Crippen LogP contribution in [0.1, 0.15) is 55.8 Å². The number of allylic oxidation sites excluding steroid dienone is 5. The minimum Gasteiger partial charge on any atom is -0.282 e. The van der Waals surface area contributed by atoms with Gasteiger partial charge in [-0.05, 0) is 73.8 Å². The molecule has 0 N–H and O–H groups in total. The molecule has 2 aromatic rings. The highest BCUT2D eigenvalue weighted by molar-refractivity contribution is 6.00. The van der Waals surface area contributed by atoms with Crippen LogP contribution in [0.5, 0.6) is 0 Å². The van der Waals surface area contributed by atoms with E-state index in [2.05, 4.69) is 87.2 Å². The van der Waals surface area contributed by atoms with E-state index in [1.165, 1.54) is 28.7 Å². The van der Waals surface area contributed by atoms with Gasteiger partial charge in [0.2, 0.25) is 0 Å². The van der Waals surface area contributed by atoms with Crippen LogP contribution in [0.4, 0.5) is 0 Å². The van der Waals surface area contributed by atoms with Gasteiger partial charge in [-0.1, -0.05) is 79.4 Å². The number of fused-ring (bicyclic) bond motifs is 8. The molecule has 0 radical (unpaired) electrons. The minimum absolute atomic E-state index is 0.140. The van der Waals surface area contributed by atoms with Crippen LogP contribution in [0.3, 0.4) is 0 Å². The molecule has 0 unspecified atom stereocenters. The van der Waals surface area contributed by atoms with Gasteiger partial charge in [0, 0.05) is 5.71 Å². The number of hydrogen-bond donors (Lipinski definition) is 0. The monoisotopic (exact) mass is 369 g/mol. The van der Waals surface area contributed by atoms with E-state index in [-0.39, 0.29) is 6.04 Å². The van der Waals surface area contributed by atoms with Crippen LogP contribution in [-0.4, -0.2) is 5.71 Å². The molecule has 144 valence electrons. The van der Waals surface area contributed by atoms with Gasteiger partial charge >= 0.3 is 0 Å². The van der Waals surface area contributed by atoms with Crippen molar-refractivity contribution in [1.29, 1.82) is 0 Å². The summed E-state index contributed by atoms with van der Waals surface area (Å²) in [4.78, 5) is 4.87. The molecule has 0 heterocycles. The highest BCUT2D eigenvalue weighted by atomic mass is 14.8. The van der Waals surface area contributed by atoms with Crippen LogP contribution >= 0.6 is 0 Å². The molecule has 2 aliphatic rings. The molecule has 0 aliphatic heterocycles. The summed E-state index contributed by atoms with van der Waals surface area (Å²) in [6.07, 6.45) is 12.4. The average Bonchev–Trinajstić information content (AvgIpc) is 2.71. The van der Waals surface area contributed by atoms with Crippen LogP contribution in [0, 0.1) is 0 Å². The molecule has 0 aromatic heterocycles. The third-order valence-electron chi connectivity index (χ3n) is 5.39. The first-order valence-corrected chi connectivity index (χ1v) is 10.4. The van der Waals surface area contributed by atoms with Crippen molar-refractivity contribution < 1.29 is 0 Å². The average molecular weight is 370 g/mol. The summed E-state index contributed by atoms with van der Waals surface area (Å²) in [5.74, 6) is 0. The van der Waals surface area contributed by atoms with Gasteiger partial charge in [0.1, 0.15) is 0 Å². The van der Waals surface area contributed by atoms with Gasteiger partial charge in [-0.3, -0.25) is 4.99 Å². The van der Waals surface area contributed by atoms with Crippen LogP contribution in [0.2, 0.25) is 0 Å². The molecule has 1 heteroatoms. The fraction of sp³-hybridized carbons (Fsp3) is 0.296. The second-order valence-corrected chi connectivity index (χ2v) is 7.66. The molecule has 1 nitrogen and oxygen atoms in total. The third kappa shape index (κ3) is 5.92. The van der Waals surface area contributed by atoms with Crippen molar-refractivity contribution in [3.05, 3.63) is 107 Å². The van der Waals surface area contributed by atoms with Crippen LogP contribution in [0.15, 0.2) is 95.5 Å². The predicted octanol–water partition coefficient (Wildman–Crippen LogP) is 7.22. The Morgan fingerprint density at radius 1 is 0.964 bits per heavy atom. The maximum atomic E-state index is 4.87. The van der Waals surface area contributed by atoms with Crippen molar-refractivity contribution in [1.82, 2.24) is 0 Å². The molecule has 0 amide bonds. The van der Waals surface area contributed by atoms with E-state index < -0.39 is 0 Å². The molecule has 0 saturated carbocycles. The van der Waals surface area contributed by atoms with Crippen molar-refractivity contribution in [2.24, 2.45) is 4.99 Å². The van der Waals surface area contributed by atoms with E-state index in [1.54, 1.807) is 0 Å². The van der Waals surface area contributed by atoms with Gasteiger partial charge < -0.3 is 0 Å². The summed E-state index contributed by atoms with van der Waals surface area (Å²) in [7, 11) is 0. The zero-order valence-corrected chi connectivity index (χ0v) is 17.2. The molecular weight excluding hydrogens is 338 g/mol. The number of aryl methyl sites for hydroxylation is 2. The lowest BCUT2D eigenvalue weighted by atomic mass is 9.97. The van der Waals surface area contributed by atoms with E-state index in [0.717, 1.165) is 37.0 Å². The summed E-state index contributed by atoms with van der Waals surface area (Å²) < 4.78 is 0. The van der Waals surface area contributed by atoms with Gasteiger partial charge in [-0.15, -0.1) is 0 Å². The fourth-order valence-electron chi connectivity index (χ4n) is 3.53. The maximum Gasteiger partial charge on any atom is 0.0724 e. The Balaban J connectivity index is 1.73. The molecule has 0 saturated heterocycles. The first kappa shape index (κ1) is 20.1. The number of aliphatic imine (C=N–C) groups is 1. The summed E-state index contributed by atoms with van der Waals surface area (Å²) in [6, 6.07) is 19.7. The molecule has 4 rings (SSSR count). The molecular formula is C27H31N. The van der Waals surface area contributed by atoms with E-state index in [0.29, 0.717) is 0 Å². The minimum atomic E-state index is 0.140. The van der Waals surface area contributed by atoms with Crippen molar-refractivity contribution in [2.75, 3.05) is 0 Å². The summed E-state index contributed by atoms with van der Waals surface area (Å²) >= 11 is 0. The number of hydrogen-bond acceptors (Lipinski definition) is 1. The standard InChI is InChI=1S/C27H31N/c1-21(22(2)28-23(3)27-12-8-5-9-13-27)20-26-11-7-4-6-10-24-14-16-25(17-15-24)18-19-26/h5,7-9,11-17,20,23H,1,4,6,10,18-19H2,2-3H3/b11-7-,26-20+,28-22?/t23-/m0/s1. The lowest BCUT2D eigenvalue weighted by Crippen LogP contribution is -2.00. The molecule has 28 heavy (non-hydrogen) atoms. The SMILES string of the molecule is C=C(/C=C1\C=C/CCCc2ccc(cc2)CC1)C(C)=N[C@@H](C)c1ccccc1. The van der Waals surface area contributed by atoms with Crippen LogP contribution in [-0.2, 0) is 12.8 Å². The molecule has 0 fully saturated rings. The Morgan fingerprint density at radius 2 is 1.64 bits per heavy atom. The van der Waals surface area contributed by atoms with E-state index in [9.17, 15) is 0 Å². The van der Waals surface area contributed by atoms with E-state index in [1.807, 2.05) is 6.07 Å². The maximum absolute atomic E-state index is 4.87. The van der Waals surface area contributed by atoms with Crippen LogP contribution in [0.25, 0.3) is 0 Å². The van der Waals surface area contributed by atoms with Crippen molar-refractivity contribution in [3.63, 3.8) is 0 Å². The Morgan fingerprint density at radius 3 is 2.36 bits per heavy atom. The smallest absolute Gasteiger partial charge is 0.0724 e.